The third-order valence-corrected chi connectivity index (χ3v) is 8.10. The smallest absolute Gasteiger partial charge is 0.00793 e. The number of rotatable bonds is 34. The molecule has 0 aromatic heterocycles. The first kappa shape index (κ1) is 37.8. The summed E-state index contributed by atoms with van der Waals surface area (Å²) in [6.45, 7) is 10.4. The van der Waals surface area contributed by atoms with Gasteiger partial charge in [0, 0.05) is 45.3 Å². The molecule has 0 saturated carbocycles. The molecule has 0 aliphatic rings. The van der Waals surface area contributed by atoms with Gasteiger partial charge in [0.1, 0.15) is 0 Å². The van der Waals surface area contributed by atoms with Crippen molar-refractivity contribution < 1.29 is 0 Å². The SMILES string of the molecule is CCCCCCCCCCCCCCCCCCCCCC(CCCCCC)NCCNCCNCCN. The van der Waals surface area contributed by atoms with Gasteiger partial charge < -0.3 is 21.7 Å². The molecule has 0 heterocycles. The van der Waals surface area contributed by atoms with Crippen LogP contribution in [-0.2, 0) is 0 Å². The van der Waals surface area contributed by atoms with Crippen molar-refractivity contribution in [3.63, 3.8) is 0 Å². The summed E-state index contributed by atoms with van der Waals surface area (Å²) in [7, 11) is 0. The first-order valence-electron chi connectivity index (χ1n) is 17.7. The van der Waals surface area contributed by atoms with Crippen LogP contribution in [0.5, 0.6) is 0 Å². The molecule has 4 nitrogen and oxygen atoms in total. The van der Waals surface area contributed by atoms with Crippen molar-refractivity contribution >= 4 is 0 Å². The van der Waals surface area contributed by atoms with Gasteiger partial charge in [0.25, 0.3) is 0 Å². The van der Waals surface area contributed by atoms with Gasteiger partial charge in [0.2, 0.25) is 0 Å². The molecule has 0 bridgehead atoms. The van der Waals surface area contributed by atoms with E-state index in [9.17, 15) is 0 Å². The Morgan fingerprint density at radius 3 is 1.11 bits per heavy atom. The summed E-state index contributed by atoms with van der Waals surface area (Å²) in [6, 6.07) is 0.717. The third-order valence-electron chi connectivity index (χ3n) is 8.10. The van der Waals surface area contributed by atoms with Gasteiger partial charge in [0.15, 0.2) is 0 Å². The zero-order valence-corrected chi connectivity index (χ0v) is 26.6. The van der Waals surface area contributed by atoms with Gasteiger partial charge in [-0.3, -0.25) is 0 Å². The summed E-state index contributed by atoms with van der Waals surface area (Å²) >= 11 is 0. The molecule has 0 saturated heterocycles. The molecule has 0 rings (SSSR count). The highest BCUT2D eigenvalue weighted by Crippen LogP contribution is 2.16. The summed E-state index contributed by atoms with van der Waals surface area (Å²) in [5.74, 6) is 0. The van der Waals surface area contributed by atoms with E-state index in [1.165, 1.54) is 161 Å². The Labute approximate surface area is 241 Å². The minimum Gasteiger partial charge on any atom is -0.329 e. The van der Waals surface area contributed by atoms with Crippen LogP contribution in [0.25, 0.3) is 0 Å². The van der Waals surface area contributed by atoms with Crippen LogP contribution < -0.4 is 21.7 Å². The Hall–Kier alpha value is -0.160. The Balaban J connectivity index is 3.52. The predicted molar refractivity (Wildman–Crippen MR) is 173 cm³/mol. The van der Waals surface area contributed by atoms with E-state index in [4.69, 9.17) is 5.73 Å². The molecule has 0 aromatic carbocycles. The fourth-order valence-electron chi connectivity index (χ4n) is 5.53. The molecule has 4 heteroatoms. The molecule has 0 amide bonds. The van der Waals surface area contributed by atoms with Crippen LogP contribution >= 0.6 is 0 Å². The lowest BCUT2D eigenvalue weighted by atomic mass is 10.00. The average molecular weight is 539 g/mol. The van der Waals surface area contributed by atoms with Gasteiger partial charge >= 0.3 is 0 Å². The maximum Gasteiger partial charge on any atom is 0.00793 e. The normalized spacial score (nSPS) is 12.4. The van der Waals surface area contributed by atoms with Gasteiger partial charge in [-0.2, -0.15) is 0 Å². The van der Waals surface area contributed by atoms with Crippen molar-refractivity contribution in [3.8, 4) is 0 Å². The number of unbranched alkanes of at least 4 members (excludes halogenated alkanes) is 21. The molecule has 0 aromatic rings. The van der Waals surface area contributed by atoms with E-state index >= 15 is 0 Å². The van der Waals surface area contributed by atoms with Crippen molar-refractivity contribution in [1.29, 1.82) is 0 Å². The second kappa shape index (κ2) is 34.9. The minimum absolute atomic E-state index is 0.717. The van der Waals surface area contributed by atoms with E-state index in [1.807, 2.05) is 0 Å². The Morgan fingerprint density at radius 1 is 0.395 bits per heavy atom. The quantitative estimate of drug-likeness (QED) is 0.0618. The van der Waals surface area contributed by atoms with Crippen LogP contribution in [-0.4, -0.2) is 45.3 Å². The zero-order valence-electron chi connectivity index (χ0n) is 26.6. The molecular weight excluding hydrogens is 464 g/mol. The van der Waals surface area contributed by atoms with Gasteiger partial charge in [-0.25, -0.2) is 0 Å². The predicted octanol–water partition coefficient (Wildman–Crippen LogP) is 8.87. The van der Waals surface area contributed by atoms with Crippen molar-refractivity contribution in [2.45, 2.75) is 180 Å². The summed E-state index contributed by atoms with van der Waals surface area (Å²) < 4.78 is 0. The Kier molecular flexibility index (Phi) is 34.7. The Bertz CT molecular complexity index is 404. The standard InChI is InChI=1S/C34H74N4/c1-3-5-7-9-10-11-12-13-14-15-16-17-18-19-20-21-22-23-25-27-34(26-24-8-6-4-2)38-33-32-37-31-30-36-29-28-35/h34,36-38H,3-33,35H2,1-2H3. The molecule has 0 aliphatic carbocycles. The second-order valence-electron chi connectivity index (χ2n) is 11.9. The number of hydrogen-bond acceptors (Lipinski definition) is 4. The van der Waals surface area contributed by atoms with Crippen molar-refractivity contribution in [2.24, 2.45) is 5.73 Å². The highest BCUT2D eigenvalue weighted by atomic mass is 15.0. The molecule has 0 fully saturated rings. The lowest BCUT2D eigenvalue weighted by Crippen LogP contribution is -2.37. The van der Waals surface area contributed by atoms with E-state index in [0.717, 1.165) is 45.3 Å². The monoisotopic (exact) mass is 539 g/mol. The van der Waals surface area contributed by atoms with E-state index in [2.05, 4.69) is 29.8 Å². The number of nitrogens with one attached hydrogen (secondary N) is 3. The third kappa shape index (κ3) is 32.1. The van der Waals surface area contributed by atoms with Crippen LogP contribution in [0.15, 0.2) is 0 Å². The molecule has 0 spiro atoms. The molecule has 230 valence electrons. The maximum absolute atomic E-state index is 5.52. The summed E-state index contributed by atoms with van der Waals surface area (Å²) in [4.78, 5) is 0. The summed E-state index contributed by atoms with van der Waals surface area (Å²) in [5, 5.41) is 10.7. The van der Waals surface area contributed by atoms with Gasteiger partial charge in [-0.1, -0.05) is 162 Å². The van der Waals surface area contributed by atoms with Crippen LogP contribution in [0.2, 0.25) is 0 Å². The van der Waals surface area contributed by atoms with Crippen molar-refractivity contribution in [1.82, 2.24) is 16.0 Å². The highest BCUT2D eigenvalue weighted by molar-refractivity contribution is 4.68. The molecule has 5 N–H and O–H groups in total. The molecular formula is C34H74N4. The Morgan fingerprint density at radius 2 is 0.711 bits per heavy atom. The average Bonchev–Trinajstić information content (AvgIpc) is 2.93. The van der Waals surface area contributed by atoms with Crippen molar-refractivity contribution in [2.75, 3.05) is 39.3 Å². The van der Waals surface area contributed by atoms with Crippen LogP contribution in [0.1, 0.15) is 174 Å². The number of nitrogens with two attached hydrogens (primary N) is 1. The number of hydrogen-bond donors (Lipinski definition) is 4. The van der Waals surface area contributed by atoms with Crippen LogP contribution in [0.4, 0.5) is 0 Å². The minimum atomic E-state index is 0.717. The van der Waals surface area contributed by atoms with Gasteiger partial charge in [-0.15, -0.1) is 0 Å². The maximum atomic E-state index is 5.52. The fourth-order valence-corrected chi connectivity index (χ4v) is 5.53. The lowest BCUT2D eigenvalue weighted by Gasteiger charge is -2.19. The molecule has 0 aliphatic heterocycles. The van der Waals surface area contributed by atoms with Crippen molar-refractivity contribution in [3.05, 3.63) is 0 Å². The summed E-state index contributed by atoms with van der Waals surface area (Å²) in [5.41, 5.74) is 5.52. The molecule has 38 heavy (non-hydrogen) atoms. The molecule has 0 radical (unpaired) electrons. The van der Waals surface area contributed by atoms with E-state index in [0.29, 0.717) is 0 Å². The molecule has 1 atom stereocenters. The van der Waals surface area contributed by atoms with Crippen LogP contribution in [0.3, 0.4) is 0 Å². The first-order chi connectivity index (χ1) is 18.8. The van der Waals surface area contributed by atoms with Gasteiger partial charge in [0.05, 0.1) is 0 Å². The summed E-state index contributed by atoms with van der Waals surface area (Å²) in [6.07, 6.45) is 35.9. The van der Waals surface area contributed by atoms with Gasteiger partial charge in [-0.05, 0) is 12.8 Å². The van der Waals surface area contributed by atoms with E-state index < -0.39 is 0 Å². The molecule has 1 unspecified atom stereocenters. The second-order valence-corrected chi connectivity index (χ2v) is 11.9. The highest BCUT2D eigenvalue weighted by Gasteiger charge is 2.07. The van der Waals surface area contributed by atoms with E-state index in [1.54, 1.807) is 0 Å². The first-order valence-corrected chi connectivity index (χ1v) is 17.7. The fraction of sp³-hybridized carbons (Fsp3) is 1.00. The van der Waals surface area contributed by atoms with Crippen LogP contribution in [0, 0.1) is 0 Å². The lowest BCUT2D eigenvalue weighted by molar-refractivity contribution is 0.410. The van der Waals surface area contributed by atoms with E-state index in [-0.39, 0.29) is 0 Å². The largest absolute Gasteiger partial charge is 0.329 e. The zero-order chi connectivity index (χ0) is 27.6. The topological polar surface area (TPSA) is 62.1 Å².